The Bertz CT molecular complexity index is 823. The van der Waals surface area contributed by atoms with Crippen molar-refractivity contribution in [1.82, 2.24) is 9.88 Å². The van der Waals surface area contributed by atoms with Gasteiger partial charge in [0.05, 0.1) is 12.2 Å². The first-order valence-electron chi connectivity index (χ1n) is 9.24. The number of hydrogen-bond acceptors (Lipinski definition) is 5. The maximum absolute atomic E-state index is 12.4. The van der Waals surface area contributed by atoms with E-state index in [4.69, 9.17) is 4.74 Å². The zero-order valence-corrected chi connectivity index (χ0v) is 15.6. The predicted octanol–water partition coefficient (Wildman–Crippen LogP) is 2.77. The summed E-state index contributed by atoms with van der Waals surface area (Å²) in [6, 6.07) is 13.6. The van der Waals surface area contributed by atoms with Gasteiger partial charge < -0.3 is 14.5 Å². The molecule has 1 aliphatic rings. The maximum atomic E-state index is 12.4. The summed E-state index contributed by atoms with van der Waals surface area (Å²) in [6.45, 7) is 5.25. The molecule has 0 N–H and O–H groups in total. The van der Waals surface area contributed by atoms with E-state index < -0.39 is 0 Å². The number of hydrogen-bond donors (Lipinski definition) is 0. The molecule has 27 heavy (non-hydrogen) atoms. The number of carbonyl (C=O) groups excluding carboxylic acids is 1. The fourth-order valence-electron chi connectivity index (χ4n) is 3.18. The molecule has 0 bridgehead atoms. The fourth-order valence-corrected chi connectivity index (χ4v) is 3.18. The normalized spacial score (nSPS) is 13.9. The largest absolute Gasteiger partial charge is 0.494 e. The van der Waals surface area contributed by atoms with Gasteiger partial charge in [0.25, 0.3) is 0 Å². The highest BCUT2D eigenvalue weighted by Gasteiger charge is 2.22. The standard InChI is InChI=1S/C21H24N4O2/c1-17-5-2-7-19(15-17)27-14-4-8-20(26)24-10-12-25(13-11-24)21-18(16-22)6-3-9-23-21/h2-3,5-7,9,15H,4,8,10-14H2,1H3. The monoisotopic (exact) mass is 364 g/mol. The molecule has 0 unspecified atom stereocenters. The zero-order chi connectivity index (χ0) is 19.1. The second kappa shape index (κ2) is 9.04. The molecule has 1 aromatic carbocycles. The number of benzene rings is 1. The van der Waals surface area contributed by atoms with Crippen molar-refractivity contribution in [3.8, 4) is 11.8 Å². The topological polar surface area (TPSA) is 69.5 Å². The Balaban J connectivity index is 1.41. The average molecular weight is 364 g/mol. The van der Waals surface area contributed by atoms with Crippen LogP contribution in [0.3, 0.4) is 0 Å². The fraction of sp³-hybridized carbons (Fsp3) is 0.381. The summed E-state index contributed by atoms with van der Waals surface area (Å²) in [7, 11) is 0. The number of nitrogens with zero attached hydrogens (tertiary/aromatic N) is 4. The quantitative estimate of drug-likeness (QED) is 0.737. The van der Waals surface area contributed by atoms with Crippen LogP contribution in [0.15, 0.2) is 42.6 Å². The third kappa shape index (κ3) is 4.98. The van der Waals surface area contributed by atoms with E-state index in [1.807, 2.05) is 36.1 Å². The molecular formula is C21H24N4O2. The van der Waals surface area contributed by atoms with Crippen molar-refractivity contribution in [2.75, 3.05) is 37.7 Å². The SMILES string of the molecule is Cc1cccc(OCCCC(=O)N2CCN(c3ncccc3C#N)CC2)c1. The number of aryl methyl sites for hydroxylation is 1. The molecule has 1 amide bonds. The molecule has 3 rings (SSSR count). The lowest BCUT2D eigenvalue weighted by Crippen LogP contribution is -2.49. The first kappa shape index (κ1) is 18.7. The van der Waals surface area contributed by atoms with Gasteiger partial charge in [-0.25, -0.2) is 4.98 Å². The minimum atomic E-state index is 0.156. The smallest absolute Gasteiger partial charge is 0.222 e. The number of anilines is 1. The lowest BCUT2D eigenvalue weighted by molar-refractivity contribution is -0.131. The molecule has 1 aliphatic heterocycles. The van der Waals surface area contributed by atoms with Crippen molar-refractivity contribution < 1.29 is 9.53 Å². The van der Waals surface area contributed by atoms with Crippen molar-refractivity contribution >= 4 is 11.7 Å². The van der Waals surface area contributed by atoms with Crippen molar-refractivity contribution in [3.63, 3.8) is 0 Å². The van der Waals surface area contributed by atoms with E-state index in [2.05, 4.69) is 16.0 Å². The summed E-state index contributed by atoms with van der Waals surface area (Å²) >= 11 is 0. The highest BCUT2D eigenvalue weighted by atomic mass is 16.5. The van der Waals surface area contributed by atoms with Gasteiger partial charge in [0.2, 0.25) is 5.91 Å². The van der Waals surface area contributed by atoms with Crippen LogP contribution in [0.1, 0.15) is 24.0 Å². The Hall–Kier alpha value is -3.07. The molecule has 0 radical (unpaired) electrons. The van der Waals surface area contributed by atoms with Crippen LogP contribution >= 0.6 is 0 Å². The summed E-state index contributed by atoms with van der Waals surface area (Å²) in [5.74, 6) is 1.71. The molecule has 0 saturated carbocycles. The van der Waals surface area contributed by atoms with Gasteiger partial charge in [-0.1, -0.05) is 12.1 Å². The molecule has 1 saturated heterocycles. The van der Waals surface area contributed by atoms with Gasteiger partial charge in [0.1, 0.15) is 17.6 Å². The molecular weight excluding hydrogens is 340 g/mol. The predicted molar refractivity (Wildman–Crippen MR) is 104 cm³/mol. The van der Waals surface area contributed by atoms with E-state index in [0.717, 1.165) is 11.3 Å². The van der Waals surface area contributed by atoms with E-state index in [0.29, 0.717) is 57.0 Å². The summed E-state index contributed by atoms with van der Waals surface area (Å²) in [5.41, 5.74) is 1.74. The Labute approximate surface area is 160 Å². The minimum Gasteiger partial charge on any atom is -0.494 e. The average Bonchev–Trinajstić information content (AvgIpc) is 2.71. The summed E-state index contributed by atoms with van der Waals surface area (Å²) in [6.07, 6.45) is 2.88. The first-order valence-corrected chi connectivity index (χ1v) is 9.24. The van der Waals surface area contributed by atoms with Crippen LogP contribution in [0.5, 0.6) is 5.75 Å². The third-order valence-electron chi connectivity index (χ3n) is 4.63. The first-order chi connectivity index (χ1) is 13.2. The van der Waals surface area contributed by atoms with Crippen molar-refractivity contribution in [2.45, 2.75) is 19.8 Å². The number of amides is 1. The van der Waals surface area contributed by atoms with E-state index in [1.54, 1.807) is 18.3 Å². The molecule has 2 aromatic rings. The number of pyridine rings is 1. The number of nitriles is 1. The molecule has 0 atom stereocenters. The molecule has 2 heterocycles. The van der Waals surface area contributed by atoms with E-state index in [-0.39, 0.29) is 5.91 Å². The number of rotatable bonds is 6. The lowest BCUT2D eigenvalue weighted by atomic mass is 10.2. The van der Waals surface area contributed by atoms with Gasteiger partial charge in [-0.05, 0) is 43.2 Å². The molecule has 1 aromatic heterocycles. The molecule has 140 valence electrons. The maximum Gasteiger partial charge on any atom is 0.222 e. The zero-order valence-electron chi connectivity index (χ0n) is 15.6. The minimum absolute atomic E-state index is 0.156. The van der Waals surface area contributed by atoms with Crippen LogP contribution in [0.4, 0.5) is 5.82 Å². The number of aromatic nitrogens is 1. The van der Waals surface area contributed by atoms with Crippen molar-refractivity contribution in [2.24, 2.45) is 0 Å². The van der Waals surface area contributed by atoms with E-state index in [1.165, 1.54) is 0 Å². The van der Waals surface area contributed by atoms with Crippen molar-refractivity contribution in [1.29, 1.82) is 5.26 Å². The molecule has 0 spiro atoms. The van der Waals surface area contributed by atoms with Gasteiger partial charge in [-0.2, -0.15) is 5.26 Å². The summed E-state index contributed by atoms with van der Waals surface area (Å²) in [5, 5.41) is 9.21. The molecule has 1 fully saturated rings. The Morgan fingerprint density at radius 3 is 2.78 bits per heavy atom. The number of piperazine rings is 1. The van der Waals surface area contributed by atoms with Gasteiger partial charge in [-0.3, -0.25) is 4.79 Å². The van der Waals surface area contributed by atoms with Gasteiger partial charge in [0.15, 0.2) is 0 Å². The second-order valence-electron chi connectivity index (χ2n) is 6.62. The highest BCUT2D eigenvalue weighted by Crippen LogP contribution is 2.18. The van der Waals surface area contributed by atoms with Crippen LogP contribution in [0.2, 0.25) is 0 Å². The van der Waals surface area contributed by atoms with Crippen LogP contribution in [0.25, 0.3) is 0 Å². The Morgan fingerprint density at radius 1 is 1.22 bits per heavy atom. The van der Waals surface area contributed by atoms with Gasteiger partial charge in [-0.15, -0.1) is 0 Å². The van der Waals surface area contributed by atoms with Crippen molar-refractivity contribution in [3.05, 3.63) is 53.7 Å². The van der Waals surface area contributed by atoms with Gasteiger partial charge >= 0.3 is 0 Å². The van der Waals surface area contributed by atoms with E-state index >= 15 is 0 Å². The number of carbonyl (C=O) groups is 1. The highest BCUT2D eigenvalue weighted by molar-refractivity contribution is 5.76. The molecule has 0 aliphatic carbocycles. The second-order valence-corrected chi connectivity index (χ2v) is 6.62. The van der Waals surface area contributed by atoms with E-state index in [9.17, 15) is 10.1 Å². The molecule has 6 nitrogen and oxygen atoms in total. The summed E-state index contributed by atoms with van der Waals surface area (Å²) in [4.78, 5) is 20.7. The Morgan fingerprint density at radius 2 is 2.04 bits per heavy atom. The van der Waals surface area contributed by atoms with Crippen LogP contribution in [0, 0.1) is 18.3 Å². The van der Waals surface area contributed by atoms with Gasteiger partial charge in [0, 0.05) is 38.8 Å². The lowest BCUT2D eigenvalue weighted by Gasteiger charge is -2.35. The number of ether oxygens (including phenoxy) is 1. The molecule has 6 heteroatoms. The third-order valence-corrected chi connectivity index (χ3v) is 4.63. The van der Waals surface area contributed by atoms with Crippen LogP contribution in [-0.2, 0) is 4.79 Å². The van der Waals surface area contributed by atoms with Crippen LogP contribution in [-0.4, -0.2) is 48.6 Å². The Kier molecular flexibility index (Phi) is 6.26. The summed E-state index contributed by atoms with van der Waals surface area (Å²) < 4.78 is 5.71. The van der Waals surface area contributed by atoms with Crippen LogP contribution < -0.4 is 9.64 Å².